The number of hydrogen-bond donors (Lipinski definition) is 1. The van der Waals surface area contributed by atoms with Gasteiger partial charge in [0.25, 0.3) is 0 Å². The van der Waals surface area contributed by atoms with Gasteiger partial charge in [-0.3, -0.25) is 19.2 Å². The molecule has 12 heteroatoms. The highest BCUT2D eigenvalue weighted by Gasteiger charge is 2.68. The number of anilines is 1. The molecule has 0 spiro atoms. The first-order chi connectivity index (χ1) is 19.9. The molecule has 3 fully saturated rings. The van der Waals surface area contributed by atoms with Crippen LogP contribution in [-0.4, -0.2) is 53.9 Å². The monoisotopic (exact) mass is 596 g/mol. The number of likely N-dealkylation sites (tertiary alicyclic amines) is 1. The van der Waals surface area contributed by atoms with Gasteiger partial charge in [0.15, 0.2) is 11.5 Å². The molecule has 2 aromatic rings. The minimum atomic E-state index is -1.39. The summed E-state index contributed by atoms with van der Waals surface area (Å²) in [6.07, 6.45) is 0.907. The molecule has 0 radical (unpaired) electrons. The highest BCUT2D eigenvalue weighted by Crippen LogP contribution is 2.64. The minimum absolute atomic E-state index is 0.0478. The Morgan fingerprint density at radius 1 is 1.05 bits per heavy atom. The highest BCUT2D eigenvalue weighted by atomic mass is 35.5. The molecule has 1 N–H and O–H groups in total. The maximum Gasteiger partial charge on any atom is 0.423 e. The van der Waals surface area contributed by atoms with Gasteiger partial charge in [-0.2, -0.15) is 4.90 Å². The molecular weight excluding hydrogens is 571 g/mol. The first-order valence-corrected chi connectivity index (χ1v) is 13.7. The van der Waals surface area contributed by atoms with Gasteiger partial charge >= 0.3 is 6.09 Å². The van der Waals surface area contributed by atoms with Crippen LogP contribution in [0.4, 0.5) is 14.9 Å². The van der Waals surface area contributed by atoms with Crippen LogP contribution in [0.5, 0.6) is 11.5 Å². The van der Waals surface area contributed by atoms with Crippen LogP contribution in [0.2, 0.25) is 5.02 Å². The van der Waals surface area contributed by atoms with E-state index in [0.29, 0.717) is 16.0 Å². The fourth-order valence-electron chi connectivity index (χ4n) is 7.42. The predicted octanol–water partition coefficient (Wildman–Crippen LogP) is 4.19. The summed E-state index contributed by atoms with van der Waals surface area (Å²) in [4.78, 5) is 69.0. The number of carbonyl (C=O) groups excluding carboxylic acids is 5. The summed E-state index contributed by atoms with van der Waals surface area (Å²) in [6, 6.07) is 8.25. The number of ether oxygens (including phenoxy) is 2. The van der Waals surface area contributed by atoms with E-state index in [1.807, 2.05) is 0 Å². The van der Waals surface area contributed by atoms with Crippen molar-refractivity contribution in [2.45, 2.75) is 25.7 Å². The number of phenols is 1. The number of carbonyl (C=O) groups is 5. The number of amides is 5. The van der Waals surface area contributed by atoms with Crippen LogP contribution in [-0.2, 0) is 23.9 Å². The third-order valence-corrected chi connectivity index (χ3v) is 9.62. The van der Waals surface area contributed by atoms with Crippen molar-refractivity contribution in [1.29, 1.82) is 0 Å². The van der Waals surface area contributed by atoms with E-state index in [2.05, 4.69) is 4.74 Å². The Labute approximate surface area is 244 Å². The molecule has 42 heavy (non-hydrogen) atoms. The Bertz CT molecular complexity index is 1620. The third-order valence-electron chi connectivity index (χ3n) is 9.33. The SMILES string of the molecule is COC(=O)N1C(=O)[C@H]2[C@H](CC=C3[C@H]2C[C@H]2C(=O)N(c4ccc(F)c(Cl)c4)C(=O)[C@@]2(C)[C@H]3c2ccc(OC)c(O)c2)C1=O. The molecule has 0 unspecified atom stereocenters. The summed E-state index contributed by atoms with van der Waals surface area (Å²) in [5.74, 6) is -7.41. The van der Waals surface area contributed by atoms with Gasteiger partial charge in [-0.25, -0.2) is 14.1 Å². The Hall–Kier alpha value is -4.25. The second-order valence-electron chi connectivity index (χ2n) is 11.2. The number of allylic oxidation sites excluding steroid dienone is 2. The van der Waals surface area contributed by atoms with Crippen molar-refractivity contribution < 1.29 is 42.9 Å². The molecule has 10 nitrogen and oxygen atoms in total. The summed E-state index contributed by atoms with van der Waals surface area (Å²) in [5, 5.41) is 10.4. The normalized spacial score (nSPS) is 30.1. The molecule has 2 saturated heterocycles. The number of methoxy groups -OCH3 is 2. The molecule has 2 heterocycles. The van der Waals surface area contributed by atoms with Crippen molar-refractivity contribution in [2.24, 2.45) is 29.1 Å². The lowest BCUT2D eigenvalue weighted by Gasteiger charge is -2.49. The average molecular weight is 597 g/mol. The largest absolute Gasteiger partial charge is 0.504 e. The first kappa shape index (κ1) is 27.9. The van der Waals surface area contributed by atoms with E-state index < -0.39 is 70.5 Å². The summed E-state index contributed by atoms with van der Waals surface area (Å²) in [6.45, 7) is 1.67. The Balaban J connectivity index is 1.52. The Morgan fingerprint density at radius 3 is 2.43 bits per heavy atom. The van der Waals surface area contributed by atoms with E-state index in [1.54, 1.807) is 25.1 Å². The molecular formula is C30H26ClFN2O8. The number of phenolic OH excluding ortho intramolecular Hbond substituents is 1. The molecule has 1 saturated carbocycles. The number of benzene rings is 2. The van der Waals surface area contributed by atoms with Gasteiger partial charge in [0.05, 0.1) is 48.1 Å². The first-order valence-electron chi connectivity index (χ1n) is 13.3. The van der Waals surface area contributed by atoms with Crippen molar-refractivity contribution in [3.8, 4) is 11.5 Å². The van der Waals surface area contributed by atoms with Crippen LogP contribution in [0, 0.1) is 34.9 Å². The Kier molecular flexibility index (Phi) is 6.41. The lowest BCUT2D eigenvalue weighted by Crippen LogP contribution is -2.49. The zero-order valence-corrected chi connectivity index (χ0v) is 23.6. The van der Waals surface area contributed by atoms with E-state index in [-0.39, 0.29) is 35.1 Å². The maximum absolute atomic E-state index is 14.3. The quantitative estimate of drug-likeness (QED) is 0.412. The second kappa shape index (κ2) is 9.65. The topological polar surface area (TPSA) is 131 Å². The van der Waals surface area contributed by atoms with Crippen molar-refractivity contribution in [1.82, 2.24) is 4.90 Å². The molecule has 4 aliphatic rings. The number of halogens is 2. The molecule has 6 rings (SSSR count). The van der Waals surface area contributed by atoms with Crippen molar-refractivity contribution in [3.05, 3.63) is 64.5 Å². The van der Waals surface area contributed by atoms with Crippen molar-refractivity contribution in [2.75, 3.05) is 19.1 Å². The van der Waals surface area contributed by atoms with Gasteiger partial charge < -0.3 is 14.6 Å². The van der Waals surface area contributed by atoms with Crippen molar-refractivity contribution >= 4 is 47.0 Å². The number of hydrogen-bond acceptors (Lipinski definition) is 8. The third kappa shape index (κ3) is 3.65. The van der Waals surface area contributed by atoms with E-state index in [0.717, 1.165) is 18.1 Å². The van der Waals surface area contributed by atoms with E-state index in [1.165, 1.54) is 25.3 Å². The molecule has 218 valence electrons. The summed E-state index contributed by atoms with van der Waals surface area (Å²) >= 11 is 6.00. The molecule has 2 aliphatic heterocycles. The van der Waals surface area contributed by atoms with Crippen LogP contribution in [0.3, 0.4) is 0 Å². The van der Waals surface area contributed by atoms with Crippen molar-refractivity contribution in [3.63, 3.8) is 0 Å². The number of rotatable bonds is 3. The fourth-order valence-corrected chi connectivity index (χ4v) is 7.60. The van der Waals surface area contributed by atoms with E-state index in [9.17, 15) is 33.5 Å². The zero-order chi connectivity index (χ0) is 30.2. The van der Waals surface area contributed by atoms with Crippen LogP contribution in [0.25, 0.3) is 0 Å². The number of aromatic hydroxyl groups is 1. The van der Waals surface area contributed by atoms with Gasteiger partial charge in [0, 0.05) is 5.92 Å². The number of nitrogens with zero attached hydrogens (tertiary/aromatic N) is 2. The van der Waals surface area contributed by atoms with Gasteiger partial charge in [-0.05, 0) is 61.6 Å². The molecule has 2 aromatic carbocycles. The number of fused-ring (bicyclic) bond motifs is 4. The maximum atomic E-state index is 14.3. The van der Waals surface area contributed by atoms with Gasteiger partial charge in [-0.15, -0.1) is 0 Å². The van der Waals surface area contributed by atoms with Gasteiger partial charge in [0.2, 0.25) is 23.6 Å². The fraction of sp³-hybridized carbons (Fsp3) is 0.367. The zero-order valence-electron chi connectivity index (χ0n) is 22.8. The second-order valence-corrected chi connectivity index (χ2v) is 11.6. The van der Waals surface area contributed by atoms with E-state index >= 15 is 0 Å². The van der Waals surface area contributed by atoms with Crippen LogP contribution in [0.15, 0.2) is 48.0 Å². The summed E-state index contributed by atoms with van der Waals surface area (Å²) in [7, 11) is 2.47. The Morgan fingerprint density at radius 2 is 1.79 bits per heavy atom. The van der Waals surface area contributed by atoms with Gasteiger partial charge in [0.1, 0.15) is 5.82 Å². The van der Waals surface area contributed by atoms with Crippen LogP contribution < -0.4 is 9.64 Å². The van der Waals surface area contributed by atoms with Crippen LogP contribution >= 0.6 is 11.6 Å². The summed E-state index contributed by atoms with van der Waals surface area (Å²) in [5.41, 5.74) is -0.131. The lowest BCUT2D eigenvalue weighted by atomic mass is 9.51. The van der Waals surface area contributed by atoms with Gasteiger partial charge in [-0.1, -0.05) is 29.3 Å². The lowest BCUT2D eigenvalue weighted by molar-refractivity contribution is -0.138. The summed E-state index contributed by atoms with van der Waals surface area (Å²) < 4.78 is 23.9. The smallest absolute Gasteiger partial charge is 0.423 e. The van der Waals surface area contributed by atoms with Crippen LogP contribution in [0.1, 0.15) is 31.2 Å². The predicted molar refractivity (Wildman–Crippen MR) is 145 cm³/mol. The molecule has 2 aliphatic carbocycles. The van der Waals surface area contributed by atoms with E-state index in [4.69, 9.17) is 16.3 Å². The molecule has 0 aromatic heterocycles. The molecule has 0 bridgehead atoms. The minimum Gasteiger partial charge on any atom is -0.504 e. The standard InChI is InChI=1S/C30H26ClFN2O8/c1-30-18(26(37)33(28(30)39)14-5-8-20(32)19(31)11-14)12-17-15(24(30)13-4-9-22(41-2)21(35)10-13)6-7-16-23(17)27(38)34(25(16)36)29(40)42-3/h4-6,8-11,16-18,23-24,35H,7,12H2,1-3H3/t16-,17+,18-,23-,24-,30+/m0/s1. The average Bonchev–Trinajstić information content (AvgIpc) is 3.33. The molecule has 6 atom stereocenters. The highest BCUT2D eigenvalue weighted by molar-refractivity contribution is 6.31. The molecule has 5 amide bonds. The number of imide groups is 4.